The molecule has 2 aromatic carbocycles. The molecule has 1 aliphatic heterocycles. The van der Waals surface area contributed by atoms with Crippen LogP contribution in [0.25, 0.3) is 0 Å². The summed E-state index contributed by atoms with van der Waals surface area (Å²) in [5.41, 5.74) is 0.844. The lowest BCUT2D eigenvalue weighted by atomic mass is 10.2. The van der Waals surface area contributed by atoms with E-state index in [0.29, 0.717) is 32.7 Å². The summed E-state index contributed by atoms with van der Waals surface area (Å²) in [6, 6.07) is 9.92. The van der Waals surface area contributed by atoms with E-state index in [2.05, 4.69) is 15.9 Å². The molecule has 1 heterocycles. The molecule has 144 valence electrons. The summed E-state index contributed by atoms with van der Waals surface area (Å²) in [4.78, 5) is 12.5. The van der Waals surface area contributed by atoms with E-state index in [1.807, 2.05) is 11.0 Å². The molecule has 0 atom stereocenters. The fraction of sp³-hybridized carbons (Fsp3) is 0.294. The minimum absolute atomic E-state index is 0.0369. The van der Waals surface area contributed by atoms with E-state index >= 15 is 0 Å². The van der Waals surface area contributed by atoms with Crippen molar-refractivity contribution in [2.75, 3.05) is 26.2 Å². The van der Waals surface area contributed by atoms with E-state index in [1.54, 1.807) is 6.07 Å². The van der Waals surface area contributed by atoms with Gasteiger partial charge in [0.25, 0.3) is 5.69 Å². The summed E-state index contributed by atoms with van der Waals surface area (Å²) in [7, 11) is -3.72. The van der Waals surface area contributed by atoms with Crippen LogP contribution in [-0.4, -0.2) is 48.7 Å². The van der Waals surface area contributed by atoms with E-state index in [-0.39, 0.29) is 15.1 Å². The standard InChI is InChI=1S/C17H17BrFN3O4S/c18-16-11-14(19)4-5-17(16)27(25,26)21-8-6-20(7-9-21)12-13-2-1-3-15(10-13)22(23)24/h1-5,10-11H,6-9,12H2. The molecule has 27 heavy (non-hydrogen) atoms. The lowest BCUT2D eigenvalue weighted by Crippen LogP contribution is -2.48. The summed E-state index contributed by atoms with van der Waals surface area (Å²) in [6.45, 7) is 2.10. The maximum absolute atomic E-state index is 13.2. The van der Waals surface area contributed by atoms with Crippen molar-refractivity contribution in [3.05, 3.63) is 68.4 Å². The Hall–Kier alpha value is -1.88. The molecule has 1 fully saturated rings. The van der Waals surface area contributed by atoms with Crippen LogP contribution in [-0.2, 0) is 16.6 Å². The zero-order valence-corrected chi connectivity index (χ0v) is 16.6. The first-order valence-electron chi connectivity index (χ1n) is 8.18. The Labute approximate surface area is 164 Å². The van der Waals surface area contributed by atoms with Gasteiger partial charge in [0, 0.05) is 49.3 Å². The molecule has 0 aromatic heterocycles. The van der Waals surface area contributed by atoms with Gasteiger partial charge in [0.2, 0.25) is 10.0 Å². The lowest BCUT2D eigenvalue weighted by Gasteiger charge is -2.34. The molecule has 0 radical (unpaired) electrons. The van der Waals surface area contributed by atoms with Crippen molar-refractivity contribution in [3.63, 3.8) is 0 Å². The topological polar surface area (TPSA) is 83.8 Å². The highest BCUT2D eigenvalue weighted by Gasteiger charge is 2.30. The van der Waals surface area contributed by atoms with Crippen molar-refractivity contribution in [1.29, 1.82) is 0 Å². The number of nitrogens with zero attached hydrogens (tertiary/aromatic N) is 3. The summed E-state index contributed by atoms with van der Waals surface area (Å²) < 4.78 is 40.4. The second-order valence-electron chi connectivity index (χ2n) is 6.18. The normalized spacial score (nSPS) is 16.4. The predicted molar refractivity (Wildman–Crippen MR) is 101 cm³/mol. The van der Waals surface area contributed by atoms with Crippen LogP contribution in [0.2, 0.25) is 0 Å². The maximum atomic E-state index is 13.2. The Balaban J connectivity index is 1.66. The van der Waals surface area contributed by atoms with Gasteiger partial charge in [-0.2, -0.15) is 4.31 Å². The summed E-state index contributed by atoms with van der Waals surface area (Å²) in [5, 5.41) is 10.9. The van der Waals surface area contributed by atoms with Gasteiger partial charge in [0.05, 0.1) is 9.82 Å². The minimum atomic E-state index is -3.72. The molecule has 0 aliphatic carbocycles. The Bertz CT molecular complexity index is 962. The third-order valence-electron chi connectivity index (χ3n) is 4.37. The largest absolute Gasteiger partial charge is 0.296 e. The average molecular weight is 458 g/mol. The smallest absolute Gasteiger partial charge is 0.269 e. The molecule has 0 spiro atoms. The molecule has 1 aliphatic rings. The van der Waals surface area contributed by atoms with Crippen LogP contribution in [0.1, 0.15) is 5.56 Å². The van der Waals surface area contributed by atoms with E-state index < -0.39 is 20.8 Å². The van der Waals surface area contributed by atoms with Crippen LogP contribution in [0.4, 0.5) is 10.1 Å². The van der Waals surface area contributed by atoms with Gasteiger partial charge in [0.15, 0.2) is 0 Å². The Morgan fingerprint density at radius 3 is 2.44 bits per heavy atom. The third-order valence-corrected chi connectivity index (χ3v) is 7.25. The summed E-state index contributed by atoms with van der Waals surface area (Å²) >= 11 is 3.11. The summed E-state index contributed by atoms with van der Waals surface area (Å²) in [6.07, 6.45) is 0. The van der Waals surface area contributed by atoms with Crippen molar-refractivity contribution in [2.24, 2.45) is 0 Å². The highest BCUT2D eigenvalue weighted by molar-refractivity contribution is 9.10. The first kappa shape index (κ1) is 19.9. The van der Waals surface area contributed by atoms with E-state index in [4.69, 9.17) is 0 Å². The van der Waals surface area contributed by atoms with Crippen LogP contribution in [0, 0.1) is 15.9 Å². The van der Waals surface area contributed by atoms with Gasteiger partial charge >= 0.3 is 0 Å². The Morgan fingerprint density at radius 1 is 1.11 bits per heavy atom. The van der Waals surface area contributed by atoms with Gasteiger partial charge in [-0.15, -0.1) is 0 Å². The summed E-state index contributed by atoms with van der Waals surface area (Å²) in [5.74, 6) is -0.511. The minimum Gasteiger partial charge on any atom is -0.296 e. The third kappa shape index (κ3) is 4.52. The number of hydrogen-bond acceptors (Lipinski definition) is 5. The molecular formula is C17H17BrFN3O4S. The second kappa shape index (κ2) is 8.01. The number of rotatable bonds is 5. The highest BCUT2D eigenvalue weighted by Crippen LogP contribution is 2.27. The van der Waals surface area contributed by atoms with Gasteiger partial charge in [0.1, 0.15) is 5.82 Å². The number of nitro groups is 1. The molecule has 2 aromatic rings. The van der Waals surface area contributed by atoms with Crippen LogP contribution in [0.5, 0.6) is 0 Å². The molecule has 0 saturated carbocycles. The van der Waals surface area contributed by atoms with E-state index in [0.717, 1.165) is 17.7 Å². The number of halogens is 2. The van der Waals surface area contributed by atoms with Crippen molar-refractivity contribution in [1.82, 2.24) is 9.21 Å². The van der Waals surface area contributed by atoms with Crippen LogP contribution in [0.3, 0.4) is 0 Å². The fourth-order valence-electron chi connectivity index (χ4n) is 2.98. The van der Waals surface area contributed by atoms with Crippen molar-refractivity contribution in [3.8, 4) is 0 Å². The molecule has 3 rings (SSSR count). The molecule has 0 N–H and O–H groups in total. The molecule has 1 saturated heterocycles. The van der Waals surface area contributed by atoms with Gasteiger partial charge in [-0.1, -0.05) is 12.1 Å². The van der Waals surface area contributed by atoms with Gasteiger partial charge in [-0.05, 0) is 39.7 Å². The molecule has 0 bridgehead atoms. The fourth-order valence-corrected chi connectivity index (χ4v) is 5.41. The highest BCUT2D eigenvalue weighted by atomic mass is 79.9. The first-order valence-corrected chi connectivity index (χ1v) is 10.4. The maximum Gasteiger partial charge on any atom is 0.269 e. The zero-order chi connectivity index (χ0) is 19.6. The van der Waals surface area contributed by atoms with Crippen molar-refractivity contribution < 1.29 is 17.7 Å². The second-order valence-corrected chi connectivity index (χ2v) is 8.94. The molecule has 0 amide bonds. The van der Waals surface area contributed by atoms with Crippen molar-refractivity contribution in [2.45, 2.75) is 11.4 Å². The van der Waals surface area contributed by atoms with Gasteiger partial charge in [-0.25, -0.2) is 12.8 Å². The van der Waals surface area contributed by atoms with E-state index in [1.165, 1.54) is 22.5 Å². The number of non-ortho nitro benzene ring substituents is 1. The van der Waals surface area contributed by atoms with Crippen LogP contribution < -0.4 is 0 Å². The molecule has 0 unspecified atom stereocenters. The predicted octanol–water partition coefficient (Wildman–Crippen LogP) is 3.00. The monoisotopic (exact) mass is 457 g/mol. The van der Waals surface area contributed by atoms with E-state index in [9.17, 15) is 22.9 Å². The van der Waals surface area contributed by atoms with Gasteiger partial charge in [-0.3, -0.25) is 15.0 Å². The van der Waals surface area contributed by atoms with Gasteiger partial charge < -0.3 is 0 Å². The Morgan fingerprint density at radius 2 is 1.81 bits per heavy atom. The SMILES string of the molecule is O=[N+]([O-])c1cccc(CN2CCN(S(=O)(=O)c3ccc(F)cc3Br)CC2)c1. The number of nitro benzene ring substituents is 1. The van der Waals surface area contributed by atoms with Crippen molar-refractivity contribution >= 4 is 31.6 Å². The Kier molecular flexibility index (Phi) is 5.89. The molecule has 7 nitrogen and oxygen atoms in total. The molecular weight excluding hydrogens is 441 g/mol. The first-order chi connectivity index (χ1) is 12.8. The number of benzene rings is 2. The molecule has 10 heteroatoms. The number of sulfonamides is 1. The average Bonchev–Trinajstić information content (AvgIpc) is 2.62. The quantitative estimate of drug-likeness (QED) is 0.508. The zero-order valence-electron chi connectivity index (χ0n) is 14.2. The number of piperazine rings is 1. The van der Waals surface area contributed by atoms with Crippen LogP contribution in [0.15, 0.2) is 51.8 Å². The number of hydrogen-bond donors (Lipinski definition) is 0. The lowest BCUT2D eigenvalue weighted by molar-refractivity contribution is -0.384. The van der Waals surface area contributed by atoms with Crippen LogP contribution >= 0.6 is 15.9 Å².